The van der Waals surface area contributed by atoms with Crippen LogP contribution in [0.25, 0.3) is 11.3 Å². The summed E-state index contributed by atoms with van der Waals surface area (Å²) in [4.78, 5) is 12.3. The molecule has 0 bridgehead atoms. The van der Waals surface area contributed by atoms with Gasteiger partial charge in [-0.2, -0.15) is 0 Å². The van der Waals surface area contributed by atoms with Crippen LogP contribution in [0.1, 0.15) is 16.1 Å². The summed E-state index contributed by atoms with van der Waals surface area (Å²) in [6, 6.07) is 15.2. The Hall–Kier alpha value is -2.27. The zero-order valence-electron chi connectivity index (χ0n) is 12.4. The molecule has 0 atom stereocenters. The van der Waals surface area contributed by atoms with Crippen molar-refractivity contribution in [2.75, 3.05) is 5.32 Å². The standard InChI is InChI=1S/C18H13Cl2NO3/c19-13-3-1-2-12(8-13)18(23)21-16-9-11(4-6-15(16)20)17-7-5-14(10-22)24-17/h1-9,22H,10H2,(H,21,23). The Bertz CT molecular complexity index is 889. The van der Waals surface area contributed by atoms with Crippen LogP contribution in [-0.4, -0.2) is 11.0 Å². The molecule has 2 aromatic carbocycles. The number of carbonyl (C=O) groups excluding carboxylic acids is 1. The molecule has 1 aromatic heterocycles. The number of hydrogen-bond acceptors (Lipinski definition) is 3. The molecule has 0 unspecified atom stereocenters. The topological polar surface area (TPSA) is 62.5 Å². The fourth-order valence-corrected chi connectivity index (χ4v) is 2.57. The summed E-state index contributed by atoms with van der Waals surface area (Å²) < 4.78 is 5.50. The molecule has 3 rings (SSSR count). The molecule has 0 fully saturated rings. The number of carbonyl (C=O) groups is 1. The van der Waals surface area contributed by atoms with E-state index in [2.05, 4.69) is 5.32 Å². The Kier molecular flexibility index (Phi) is 4.90. The van der Waals surface area contributed by atoms with Gasteiger partial charge in [0.25, 0.3) is 5.91 Å². The van der Waals surface area contributed by atoms with Crippen molar-refractivity contribution in [2.45, 2.75) is 6.61 Å². The highest BCUT2D eigenvalue weighted by atomic mass is 35.5. The van der Waals surface area contributed by atoms with E-state index >= 15 is 0 Å². The number of aliphatic hydroxyl groups excluding tert-OH is 1. The fourth-order valence-electron chi connectivity index (χ4n) is 2.22. The molecule has 3 aromatic rings. The number of amides is 1. The number of nitrogens with one attached hydrogen (secondary N) is 1. The summed E-state index contributed by atoms with van der Waals surface area (Å²) in [5.74, 6) is 0.727. The lowest BCUT2D eigenvalue weighted by molar-refractivity contribution is 0.102. The van der Waals surface area contributed by atoms with Crippen LogP contribution in [0.3, 0.4) is 0 Å². The second kappa shape index (κ2) is 7.09. The van der Waals surface area contributed by atoms with Crippen LogP contribution in [0.5, 0.6) is 0 Å². The maximum atomic E-state index is 12.3. The van der Waals surface area contributed by atoms with E-state index in [0.29, 0.717) is 32.8 Å². The minimum absolute atomic E-state index is 0.175. The molecule has 0 aliphatic carbocycles. The smallest absolute Gasteiger partial charge is 0.255 e. The molecule has 0 radical (unpaired) electrons. The van der Waals surface area contributed by atoms with E-state index < -0.39 is 0 Å². The predicted molar refractivity (Wildman–Crippen MR) is 94.5 cm³/mol. The van der Waals surface area contributed by atoms with E-state index in [0.717, 1.165) is 5.56 Å². The van der Waals surface area contributed by atoms with Gasteiger partial charge in [0.2, 0.25) is 0 Å². The Morgan fingerprint density at radius 2 is 1.92 bits per heavy atom. The monoisotopic (exact) mass is 361 g/mol. The van der Waals surface area contributed by atoms with Gasteiger partial charge in [-0.3, -0.25) is 4.79 Å². The first-order valence-electron chi connectivity index (χ1n) is 7.13. The average Bonchev–Trinajstić information content (AvgIpc) is 3.06. The zero-order valence-corrected chi connectivity index (χ0v) is 13.9. The van der Waals surface area contributed by atoms with E-state index in [1.54, 1.807) is 54.6 Å². The van der Waals surface area contributed by atoms with Crippen LogP contribution in [-0.2, 0) is 6.61 Å². The first-order chi connectivity index (χ1) is 11.6. The molecule has 0 spiro atoms. The molecule has 6 heteroatoms. The van der Waals surface area contributed by atoms with Gasteiger partial charge in [0.15, 0.2) is 0 Å². The molecule has 4 nitrogen and oxygen atoms in total. The van der Waals surface area contributed by atoms with E-state index in [-0.39, 0.29) is 12.5 Å². The molecule has 2 N–H and O–H groups in total. The lowest BCUT2D eigenvalue weighted by atomic mass is 10.1. The van der Waals surface area contributed by atoms with Crippen LogP contribution in [0.4, 0.5) is 5.69 Å². The van der Waals surface area contributed by atoms with Crippen molar-refractivity contribution in [3.63, 3.8) is 0 Å². The van der Waals surface area contributed by atoms with E-state index in [4.69, 9.17) is 32.7 Å². The highest BCUT2D eigenvalue weighted by Crippen LogP contribution is 2.30. The van der Waals surface area contributed by atoms with Crippen molar-refractivity contribution in [3.8, 4) is 11.3 Å². The first kappa shape index (κ1) is 16.6. The van der Waals surface area contributed by atoms with Gasteiger partial charge >= 0.3 is 0 Å². The maximum absolute atomic E-state index is 12.3. The van der Waals surface area contributed by atoms with Crippen LogP contribution >= 0.6 is 23.2 Å². The second-order valence-corrected chi connectivity index (χ2v) is 5.93. The lowest BCUT2D eigenvalue weighted by Gasteiger charge is -2.09. The third-order valence-corrected chi connectivity index (χ3v) is 3.97. The predicted octanol–water partition coefficient (Wildman–Crippen LogP) is 5.00. The molecule has 1 heterocycles. The summed E-state index contributed by atoms with van der Waals surface area (Å²) in [5.41, 5.74) is 1.63. The minimum Gasteiger partial charge on any atom is -0.459 e. The Morgan fingerprint density at radius 3 is 2.62 bits per heavy atom. The molecular weight excluding hydrogens is 349 g/mol. The number of aliphatic hydroxyl groups is 1. The van der Waals surface area contributed by atoms with Crippen LogP contribution in [0.2, 0.25) is 10.0 Å². The molecule has 0 aliphatic rings. The van der Waals surface area contributed by atoms with Gasteiger partial charge in [-0.15, -0.1) is 0 Å². The number of furan rings is 1. The number of anilines is 1. The van der Waals surface area contributed by atoms with Gasteiger partial charge in [-0.05, 0) is 48.5 Å². The largest absolute Gasteiger partial charge is 0.459 e. The highest BCUT2D eigenvalue weighted by Gasteiger charge is 2.12. The third kappa shape index (κ3) is 3.62. The van der Waals surface area contributed by atoms with Crippen LogP contribution in [0.15, 0.2) is 59.0 Å². The van der Waals surface area contributed by atoms with Gasteiger partial charge in [0, 0.05) is 16.1 Å². The molecule has 0 aliphatic heterocycles. The molecule has 24 heavy (non-hydrogen) atoms. The Balaban J connectivity index is 1.87. The molecular formula is C18H13Cl2NO3. The summed E-state index contributed by atoms with van der Waals surface area (Å²) in [6.07, 6.45) is 0. The van der Waals surface area contributed by atoms with Crippen molar-refractivity contribution in [1.29, 1.82) is 0 Å². The molecule has 1 amide bonds. The van der Waals surface area contributed by atoms with Gasteiger partial charge in [-0.25, -0.2) is 0 Å². The fraction of sp³-hybridized carbons (Fsp3) is 0.0556. The number of rotatable bonds is 4. The van der Waals surface area contributed by atoms with E-state index in [1.807, 2.05) is 0 Å². The number of halogens is 2. The van der Waals surface area contributed by atoms with Gasteiger partial charge in [0.05, 0.1) is 10.7 Å². The third-order valence-electron chi connectivity index (χ3n) is 3.40. The normalized spacial score (nSPS) is 10.6. The SMILES string of the molecule is O=C(Nc1cc(-c2ccc(CO)o2)ccc1Cl)c1cccc(Cl)c1. The molecule has 0 saturated carbocycles. The summed E-state index contributed by atoms with van der Waals surface area (Å²) in [6.45, 7) is -0.175. The second-order valence-electron chi connectivity index (χ2n) is 5.08. The van der Waals surface area contributed by atoms with Crippen molar-refractivity contribution >= 4 is 34.8 Å². The number of hydrogen-bond donors (Lipinski definition) is 2. The zero-order chi connectivity index (χ0) is 17.1. The lowest BCUT2D eigenvalue weighted by Crippen LogP contribution is -2.12. The van der Waals surface area contributed by atoms with E-state index in [9.17, 15) is 4.79 Å². The van der Waals surface area contributed by atoms with Gasteiger partial charge in [-0.1, -0.05) is 29.3 Å². The molecule has 0 saturated heterocycles. The highest BCUT2D eigenvalue weighted by molar-refractivity contribution is 6.34. The number of benzene rings is 2. The minimum atomic E-state index is -0.313. The van der Waals surface area contributed by atoms with Gasteiger partial charge in [0.1, 0.15) is 18.1 Å². The summed E-state index contributed by atoms with van der Waals surface area (Å²) >= 11 is 12.1. The van der Waals surface area contributed by atoms with Crippen molar-refractivity contribution in [2.24, 2.45) is 0 Å². The van der Waals surface area contributed by atoms with Crippen LogP contribution in [0, 0.1) is 0 Å². The molecule has 122 valence electrons. The first-order valence-corrected chi connectivity index (χ1v) is 7.89. The van der Waals surface area contributed by atoms with Gasteiger partial charge < -0.3 is 14.8 Å². The quantitative estimate of drug-likeness (QED) is 0.687. The van der Waals surface area contributed by atoms with Crippen molar-refractivity contribution in [1.82, 2.24) is 0 Å². The van der Waals surface area contributed by atoms with E-state index in [1.165, 1.54) is 0 Å². The maximum Gasteiger partial charge on any atom is 0.255 e. The van der Waals surface area contributed by atoms with Crippen molar-refractivity contribution in [3.05, 3.63) is 76.0 Å². The van der Waals surface area contributed by atoms with Crippen molar-refractivity contribution < 1.29 is 14.3 Å². The summed E-state index contributed by atoms with van der Waals surface area (Å²) in [7, 11) is 0. The average molecular weight is 362 g/mol. The Morgan fingerprint density at radius 1 is 1.08 bits per heavy atom. The van der Waals surface area contributed by atoms with Crippen LogP contribution < -0.4 is 5.32 Å². The Labute approximate surface area is 148 Å². The summed E-state index contributed by atoms with van der Waals surface area (Å²) in [5, 5.41) is 12.7.